The number of rotatable bonds is 2. The quantitative estimate of drug-likeness (QED) is 0.829. The van der Waals surface area contributed by atoms with Gasteiger partial charge in [-0.05, 0) is 25.4 Å². The van der Waals surface area contributed by atoms with E-state index in [4.69, 9.17) is 0 Å². The normalized spacial score (nSPS) is 21.6. The molecule has 2 heterocycles. The Labute approximate surface area is 90.9 Å². The van der Waals surface area contributed by atoms with Gasteiger partial charge in [0.25, 0.3) is 0 Å². The summed E-state index contributed by atoms with van der Waals surface area (Å²) in [6.45, 7) is 1.75. The van der Waals surface area contributed by atoms with Crippen LogP contribution in [0.15, 0.2) is 0 Å². The second kappa shape index (κ2) is 4.04. The smallest absolute Gasteiger partial charge is 0.316 e. The molecule has 1 N–H and O–H groups in total. The van der Waals surface area contributed by atoms with Gasteiger partial charge in [-0.3, -0.25) is 0 Å². The number of aromatic nitrogens is 3. The summed E-state index contributed by atoms with van der Waals surface area (Å²) < 4.78 is 38.1. The second-order valence-corrected chi connectivity index (χ2v) is 4.04. The minimum Gasteiger partial charge on any atom is -0.316 e. The lowest BCUT2D eigenvalue weighted by molar-refractivity contribution is -0.147. The molecule has 1 unspecified atom stereocenters. The summed E-state index contributed by atoms with van der Waals surface area (Å²) in [5, 5.41) is 6.96. The highest BCUT2D eigenvalue weighted by atomic mass is 19.4. The average Bonchev–Trinajstić information content (AvgIpc) is 2.74. The van der Waals surface area contributed by atoms with Gasteiger partial charge in [0.05, 0.1) is 0 Å². The zero-order valence-corrected chi connectivity index (χ0v) is 8.88. The predicted molar refractivity (Wildman–Crippen MR) is 50.7 cm³/mol. The van der Waals surface area contributed by atoms with Crippen LogP contribution in [0.5, 0.6) is 0 Å². The van der Waals surface area contributed by atoms with E-state index in [1.807, 2.05) is 0 Å². The van der Waals surface area contributed by atoms with Gasteiger partial charge in [0.2, 0.25) is 5.82 Å². The summed E-state index contributed by atoms with van der Waals surface area (Å²) >= 11 is 0. The Morgan fingerprint density at radius 3 is 2.75 bits per heavy atom. The van der Waals surface area contributed by atoms with Crippen molar-refractivity contribution < 1.29 is 13.2 Å². The number of hydrogen-bond donors (Lipinski definition) is 1. The number of alkyl halides is 3. The Morgan fingerprint density at radius 2 is 2.25 bits per heavy atom. The topological polar surface area (TPSA) is 42.7 Å². The van der Waals surface area contributed by atoms with Crippen LogP contribution in [-0.2, 0) is 19.6 Å². The molecule has 0 aliphatic carbocycles. The van der Waals surface area contributed by atoms with E-state index >= 15 is 0 Å². The van der Waals surface area contributed by atoms with Crippen LogP contribution in [0.1, 0.15) is 18.1 Å². The highest BCUT2D eigenvalue weighted by molar-refractivity contribution is 4.98. The first-order chi connectivity index (χ1) is 7.47. The van der Waals surface area contributed by atoms with Crippen LogP contribution in [0.2, 0.25) is 0 Å². The largest absolute Gasteiger partial charge is 0.451 e. The van der Waals surface area contributed by atoms with Gasteiger partial charge in [0.1, 0.15) is 0 Å². The standard InChI is InChI=1S/C9H13F3N4/c1-16-8(9(10,11)12)14-7(15-16)4-6-2-3-13-5-6/h6,13H,2-5H2,1H3. The third-order valence-electron chi connectivity index (χ3n) is 2.69. The number of halogens is 3. The Balaban J connectivity index is 2.11. The average molecular weight is 234 g/mol. The fourth-order valence-electron chi connectivity index (χ4n) is 1.92. The number of aryl methyl sites for hydroxylation is 1. The molecule has 0 saturated carbocycles. The summed E-state index contributed by atoms with van der Waals surface area (Å²) in [6.07, 6.45) is -2.94. The fourth-order valence-corrected chi connectivity index (χ4v) is 1.92. The first-order valence-electron chi connectivity index (χ1n) is 5.14. The highest BCUT2D eigenvalue weighted by Gasteiger charge is 2.37. The summed E-state index contributed by atoms with van der Waals surface area (Å²) in [5.74, 6) is -0.291. The molecule has 1 aliphatic rings. The number of nitrogens with one attached hydrogen (secondary N) is 1. The number of nitrogens with zero attached hydrogens (tertiary/aromatic N) is 3. The number of hydrogen-bond acceptors (Lipinski definition) is 3. The van der Waals surface area contributed by atoms with Crippen molar-refractivity contribution >= 4 is 0 Å². The van der Waals surface area contributed by atoms with Crippen molar-refractivity contribution in [2.24, 2.45) is 13.0 Å². The van der Waals surface area contributed by atoms with E-state index in [9.17, 15) is 13.2 Å². The van der Waals surface area contributed by atoms with Crippen LogP contribution >= 0.6 is 0 Å². The first-order valence-corrected chi connectivity index (χ1v) is 5.14. The van der Waals surface area contributed by atoms with Gasteiger partial charge in [-0.2, -0.15) is 18.3 Å². The molecule has 0 amide bonds. The molecular formula is C9H13F3N4. The van der Waals surface area contributed by atoms with Crippen molar-refractivity contribution in [2.45, 2.75) is 19.0 Å². The lowest BCUT2D eigenvalue weighted by Gasteiger charge is -2.03. The molecule has 0 aromatic carbocycles. The van der Waals surface area contributed by atoms with Crippen molar-refractivity contribution in [2.75, 3.05) is 13.1 Å². The summed E-state index contributed by atoms with van der Waals surface area (Å²) in [5.41, 5.74) is 0. The molecule has 1 aliphatic heterocycles. The molecule has 4 nitrogen and oxygen atoms in total. The van der Waals surface area contributed by atoms with Crippen LogP contribution in [0, 0.1) is 5.92 Å². The van der Waals surface area contributed by atoms with Gasteiger partial charge in [-0.25, -0.2) is 9.67 Å². The van der Waals surface area contributed by atoms with Crippen molar-refractivity contribution in [1.82, 2.24) is 20.1 Å². The van der Waals surface area contributed by atoms with E-state index in [0.29, 0.717) is 12.3 Å². The van der Waals surface area contributed by atoms with Crippen LogP contribution in [0.3, 0.4) is 0 Å². The molecule has 1 fully saturated rings. The van der Waals surface area contributed by atoms with E-state index in [-0.39, 0.29) is 5.82 Å². The molecule has 1 aromatic heterocycles. The molecule has 1 saturated heterocycles. The molecule has 0 radical (unpaired) electrons. The third kappa shape index (κ3) is 2.34. The van der Waals surface area contributed by atoms with E-state index in [2.05, 4.69) is 15.4 Å². The summed E-state index contributed by atoms with van der Waals surface area (Å²) in [6, 6.07) is 0. The molecule has 90 valence electrons. The molecule has 0 bridgehead atoms. The van der Waals surface area contributed by atoms with Crippen molar-refractivity contribution in [3.05, 3.63) is 11.6 Å². The predicted octanol–water partition coefficient (Wildman–Crippen LogP) is 0.986. The molecule has 2 rings (SSSR count). The van der Waals surface area contributed by atoms with Crippen molar-refractivity contribution in [3.8, 4) is 0 Å². The molecular weight excluding hydrogens is 221 g/mol. The Morgan fingerprint density at radius 1 is 1.50 bits per heavy atom. The molecule has 7 heteroatoms. The van der Waals surface area contributed by atoms with Gasteiger partial charge >= 0.3 is 6.18 Å². The van der Waals surface area contributed by atoms with Gasteiger partial charge < -0.3 is 5.32 Å². The van der Waals surface area contributed by atoms with Gasteiger partial charge in [-0.1, -0.05) is 0 Å². The Bertz CT molecular complexity index is 365. The van der Waals surface area contributed by atoms with Gasteiger partial charge in [0, 0.05) is 13.5 Å². The van der Waals surface area contributed by atoms with Gasteiger partial charge in [-0.15, -0.1) is 0 Å². The minimum absolute atomic E-state index is 0.281. The third-order valence-corrected chi connectivity index (χ3v) is 2.69. The van der Waals surface area contributed by atoms with E-state index < -0.39 is 12.0 Å². The highest BCUT2D eigenvalue weighted by Crippen LogP contribution is 2.27. The molecule has 1 atom stereocenters. The van der Waals surface area contributed by atoms with Crippen molar-refractivity contribution in [1.29, 1.82) is 0 Å². The maximum absolute atomic E-state index is 12.4. The van der Waals surface area contributed by atoms with E-state index in [0.717, 1.165) is 24.2 Å². The first kappa shape index (κ1) is 11.4. The second-order valence-electron chi connectivity index (χ2n) is 4.04. The van der Waals surface area contributed by atoms with E-state index in [1.165, 1.54) is 7.05 Å². The minimum atomic E-state index is -4.42. The molecule has 0 spiro atoms. The fraction of sp³-hybridized carbons (Fsp3) is 0.778. The SMILES string of the molecule is Cn1nc(CC2CCNC2)nc1C(F)(F)F. The van der Waals surface area contributed by atoms with E-state index in [1.54, 1.807) is 0 Å². The monoisotopic (exact) mass is 234 g/mol. The van der Waals surface area contributed by atoms with Crippen LogP contribution < -0.4 is 5.32 Å². The summed E-state index contributed by atoms with van der Waals surface area (Å²) in [7, 11) is 1.27. The molecule has 1 aromatic rings. The van der Waals surface area contributed by atoms with Crippen LogP contribution in [0.4, 0.5) is 13.2 Å². The summed E-state index contributed by atoms with van der Waals surface area (Å²) in [4.78, 5) is 3.54. The van der Waals surface area contributed by atoms with Gasteiger partial charge in [0.15, 0.2) is 5.82 Å². The lowest BCUT2D eigenvalue weighted by atomic mass is 10.1. The zero-order chi connectivity index (χ0) is 11.8. The lowest BCUT2D eigenvalue weighted by Crippen LogP contribution is -2.13. The molecule has 16 heavy (non-hydrogen) atoms. The zero-order valence-electron chi connectivity index (χ0n) is 8.88. The van der Waals surface area contributed by atoms with Crippen LogP contribution in [-0.4, -0.2) is 27.9 Å². The van der Waals surface area contributed by atoms with Crippen molar-refractivity contribution in [3.63, 3.8) is 0 Å². The Hall–Kier alpha value is -1.11. The Kier molecular flexibility index (Phi) is 2.88. The van der Waals surface area contributed by atoms with Crippen LogP contribution in [0.25, 0.3) is 0 Å². The maximum atomic E-state index is 12.4. The maximum Gasteiger partial charge on any atom is 0.451 e.